The van der Waals surface area contributed by atoms with E-state index < -0.39 is 0 Å². The lowest BCUT2D eigenvalue weighted by atomic mass is 10.0. The second-order valence-corrected chi connectivity index (χ2v) is 9.10. The van der Waals surface area contributed by atoms with Crippen LogP contribution >= 0.6 is 0 Å². The van der Waals surface area contributed by atoms with Gasteiger partial charge in [0.05, 0.1) is 12.2 Å². The third kappa shape index (κ3) is 6.00. The van der Waals surface area contributed by atoms with Crippen molar-refractivity contribution in [1.82, 2.24) is 29.5 Å². The molecule has 3 heterocycles. The van der Waals surface area contributed by atoms with Crippen LogP contribution in [0.15, 0.2) is 91.6 Å². The monoisotopic (exact) mass is 466 g/mol. The Morgan fingerprint density at radius 3 is 2.54 bits per heavy atom. The summed E-state index contributed by atoms with van der Waals surface area (Å²) in [7, 11) is 0. The van der Waals surface area contributed by atoms with Crippen molar-refractivity contribution < 1.29 is 4.79 Å². The second kappa shape index (κ2) is 11.1. The van der Waals surface area contributed by atoms with Gasteiger partial charge in [0.25, 0.3) is 5.91 Å². The molecular weight excluding hydrogens is 436 g/mol. The minimum Gasteiger partial charge on any atom is -0.337 e. The zero-order valence-corrected chi connectivity index (χ0v) is 19.8. The fourth-order valence-corrected chi connectivity index (χ4v) is 4.81. The summed E-state index contributed by atoms with van der Waals surface area (Å²) >= 11 is 0. The molecule has 1 fully saturated rings. The van der Waals surface area contributed by atoms with Crippen molar-refractivity contribution in [3.8, 4) is 0 Å². The van der Waals surface area contributed by atoms with Crippen LogP contribution in [0, 0.1) is 5.92 Å². The summed E-state index contributed by atoms with van der Waals surface area (Å²) in [5.74, 6) is 0.346. The van der Waals surface area contributed by atoms with E-state index >= 15 is 0 Å². The Morgan fingerprint density at radius 1 is 0.886 bits per heavy atom. The fourth-order valence-electron chi connectivity index (χ4n) is 4.81. The van der Waals surface area contributed by atoms with Gasteiger partial charge in [-0.25, -0.2) is 0 Å². The van der Waals surface area contributed by atoms with Gasteiger partial charge in [0, 0.05) is 69.3 Å². The maximum atomic E-state index is 13.8. The number of carbonyl (C=O) groups excluding carboxylic acids is 1. The number of carbonyl (C=O) groups is 1. The molecule has 35 heavy (non-hydrogen) atoms. The summed E-state index contributed by atoms with van der Waals surface area (Å²) in [5, 5.41) is 4.32. The molecule has 0 radical (unpaired) electrons. The predicted molar refractivity (Wildman–Crippen MR) is 135 cm³/mol. The van der Waals surface area contributed by atoms with Crippen molar-refractivity contribution in [2.75, 3.05) is 26.2 Å². The number of aromatic nitrogens is 4. The van der Waals surface area contributed by atoms with Gasteiger partial charge < -0.3 is 4.90 Å². The second-order valence-electron chi connectivity index (χ2n) is 9.10. The zero-order chi connectivity index (χ0) is 23.9. The van der Waals surface area contributed by atoms with Gasteiger partial charge in [0.15, 0.2) is 0 Å². The summed E-state index contributed by atoms with van der Waals surface area (Å²) in [6.45, 7) is 4.57. The molecule has 178 valence electrons. The molecule has 1 atom stereocenters. The Hall–Kier alpha value is -3.84. The van der Waals surface area contributed by atoms with E-state index in [1.807, 2.05) is 58.4 Å². The van der Waals surface area contributed by atoms with Gasteiger partial charge in [0.1, 0.15) is 0 Å². The molecule has 0 spiro atoms. The first kappa shape index (κ1) is 22.9. The molecule has 7 heteroatoms. The zero-order valence-electron chi connectivity index (χ0n) is 19.8. The number of nitrogens with zero attached hydrogens (tertiary/aromatic N) is 6. The minimum absolute atomic E-state index is 0.0819. The third-order valence-corrected chi connectivity index (χ3v) is 6.47. The number of benzene rings is 2. The van der Waals surface area contributed by atoms with E-state index in [2.05, 4.69) is 44.2 Å². The highest BCUT2D eigenvalue weighted by atomic mass is 16.2. The van der Waals surface area contributed by atoms with Crippen LogP contribution in [0.1, 0.15) is 27.2 Å². The SMILES string of the molecule is O=C(c1ccccc1Cn1cccn1)N1CCN(Cc2ccccc2)CC(Cc2cnccn2)C1. The van der Waals surface area contributed by atoms with Crippen LogP contribution in [0.2, 0.25) is 0 Å². The lowest BCUT2D eigenvalue weighted by molar-refractivity contribution is 0.0744. The van der Waals surface area contributed by atoms with Crippen LogP contribution in [0.25, 0.3) is 0 Å². The van der Waals surface area contributed by atoms with Gasteiger partial charge >= 0.3 is 0 Å². The number of rotatable bonds is 7. The molecule has 2 aromatic heterocycles. The molecule has 4 aromatic rings. The van der Waals surface area contributed by atoms with E-state index in [-0.39, 0.29) is 11.8 Å². The van der Waals surface area contributed by atoms with Gasteiger partial charge in [0.2, 0.25) is 0 Å². The quantitative estimate of drug-likeness (QED) is 0.417. The molecule has 1 amide bonds. The first-order valence-corrected chi connectivity index (χ1v) is 12.1. The molecule has 1 unspecified atom stereocenters. The number of amides is 1. The Kier molecular flexibility index (Phi) is 7.24. The van der Waals surface area contributed by atoms with Gasteiger partial charge in [-0.15, -0.1) is 0 Å². The molecule has 7 nitrogen and oxygen atoms in total. The number of hydrogen-bond acceptors (Lipinski definition) is 5. The van der Waals surface area contributed by atoms with E-state index in [9.17, 15) is 4.79 Å². The largest absolute Gasteiger partial charge is 0.337 e. The highest BCUT2D eigenvalue weighted by molar-refractivity contribution is 5.95. The summed E-state index contributed by atoms with van der Waals surface area (Å²) in [6.07, 6.45) is 9.74. The van der Waals surface area contributed by atoms with Gasteiger partial charge in [-0.05, 0) is 35.6 Å². The van der Waals surface area contributed by atoms with E-state index in [0.717, 1.165) is 42.9 Å². The van der Waals surface area contributed by atoms with Crippen molar-refractivity contribution in [3.05, 3.63) is 114 Å². The maximum absolute atomic E-state index is 13.8. The van der Waals surface area contributed by atoms with E-state index in [1.54, 1.807) is 18.6 Å². The lowest BCUT2D eigenvalue weighted by Gasteiger charge is -2.25. The topological polar surface area (TPSA) is 67.2 Å². The average molecular weight is 467 g/mol. The molecule has 1 saturated heterocycles. The van der Waals surface area contributed by atoms with E-state index in [1.165, 1.54) is 5.56 Å². The van der Waals surface area contributed by atoms with E-state index in [4.69, 9.17) is 0 Å². The Labute approximate surface area is 206 Å². The Balaban J connectivity index is 1.37. The maximum Gasteiger partial charge on any atom is 0.254 e. The van der Waals surface area contributed by atoms with Crippen molar-refractivity contribution in [2.24, 2.45) is 5.92 Å². The average Bonchev–Trinajstić information content (AvgIpc) is 3.32. The molecule has 5 rings (SSSR count). The normalized spacial score (nSPS) is 16.7. The van der Waals surface area contributed by atoms with Gasteiger partial charge in [-0.3, -0.25) is 24.3 Å². The van der Waals surface area contributed by atoms with E-state index in [0.29, 0.717) is 19.6 Å². The fraction of sp³-hybridized carbons (Fsp3) is 0.286. The van der Waals surface area contributed by atoms with Crippen LogP contribution in [-0.4, -0.2) is 61.6 Å². The summed E-state index contributed by atoms with van der Waals surface area (Å²) in [6, 6.07) is 20.3. The first-order chi connectivity index (χ1) is 17.2. The highest BCUT2D eigenvalue weighted by Crippen LogP contribution is 2.20. The Morgan fingerprint density at radius 2 is 1.74 bits per heavy atom. The summed E-state index contributed by atoms with van der Waals surface area (Å²) < 4.78 is 1.85. The van der Waals surface area contributed by atoms with Gasteiger partial charge in [-0.1, -0.05) is 48.5 Å². The smallest absolute Gasteiger partial charge is 0.254 e. The molecule has 0 saturated carbocycles. The number of hydrogen-bond donors (Lipinski definition) is 0. The van der Waals surface area contributed by atoms with Crippen LogP contribution in [0.5, 0.6) is 0 Å². The molecule has 0 bridgehead atoms. The highest BCUT2D eigenvalue weighted by Gasteiger charge is 2.28. The molecule has 2 aromatic carbocycles. The van der Waals surface area contributed by atoms with Crippen molar-refractivity contribution in [1.29, 1.82) is 0 Å². The van der Waals surface area contributed by atoms with Gasteiger partial charge in [-0.2, -0.15) is 5.10 Å². The standard InChI is InChI=1S/C28H30N6O/c35-28(27-10-5-4-9-25(27)22-34-14-6-11-31-34)33-16-15-32(19-23-7-2-1-3-8-23)20-24(21-33)17-26-18-29-12-13-30-26/h1-14,18,24H,15-17,19-22H2. The first-order valence-electron chi connectivity index (χ1n) is 12.1. The van der Waals surface area contributed by atoms with Crippen LogP contribution < -0.4 is 0 Å². The van der Waals surface area contributed by atoms with Crippen LogP contribution in [-0.2, 0) is 19.5 Å². The molecule has 1 aliphatic heterocycles. The summed E-state index contributed by atoms with van der Waals surface area (Å²) in [4.78, 5) is 27.0. The third-order valence-electron chi connectivity index (χ3n) is 6.47. The molecule has 0 aliphatic carbocycles. The van der Waals surface area contributed by atoms with Crippen LogP contribution in [0.4, 0.5) is 0 Å². The molecule has 1 aliphatic rings. The molecule has 0 N–H and O–H groups in total. The summed E-state index contributed by atoms with van der Waals surface area (Å²) in [5.41, 5.74) is 3.98. The van der Waals surface area contributed by atoms with Crippen LogP contribution in [0.3, 0.4) is 0 Å². The van der Waals surface area contributed by atoms with Crippen molar-refractivity contribution in [3.63, 3.8) is 0 Å². The predicted octanol–water partition coefficient (Wildman–Crippen LogP) is 3.54. The Bertz CT molecular complexity index is 1210. The van der Waals surface area contributed by atoms with Crippen molar-refractivity contribution >= 4 is 5.91 Å². The lowest BCUT2D eigenvalue weighted by Crippen LogP contribution is -2.37. The molecular formula is C28H30N6O. The van der Waals surface area contributed by atoms with Crippen molar-refractivity contribution in [2.45, 2.75) is 19.5 Å². The minimum atomic E-state index is 0.0819.